The molecule has 2 aromatic rings. The maximum atomic E-state index is 12.5. The summed E-state index contributed by atoms with van der Waals surface area (Å²) in [4.78, 5) is 18.3. The van der Waals surface area contributed by atoms with E-state index >= 15 is 0 Å². The Hall–Kier alpha value is -2.38. The lowest BCUT2D eigenvalue weighted by molar-refractivity contribution is 0.0684. The summed E-state index contributed by atoms with van der Waals surface area (Å²) in [6.07, 6.45) is 0.782. The fourth-order valence-electron chi connectivity index (χ4n) is 1.23. The van der Waals surface area contributed by atoms with Crippen molar-refractivity contribution in [3.63, 3.8) is 0 Å². The van der Waals surface area contributed by atoms with Crippen LogP contribution in [-0.2, 0) is 0 Å². The van der Waals surface area contributed by atoms with Crippen molar-refractivity contribution < 1.29 is 18.7 Å². The monoisotopic (exact) mass is 240 g/mol. The Morgan fingerprint density at radius 1 is 1.35 bits per heavy atom. The molecule has 0 radical (unpaired) electrons. The number of hydrogen-bond donors (Lipinski definition) is 1. The molecule has 6 nitrogen and oxygen atoms in total. The summed E-state index contributed by atoms with van der Waals surface area (Å²) < 4.78 is 26.0. The highest BCUT2D eigenvalue weighted by Crippen LogP contribution is 2.21. The second-order valence-corrected chi connectivity index (χ2v) is 3.03. The molecule has 8 heteroatoms. The minimum atomic E-state index is -2.97. The highest BCUT2D eigenvalue weighted by atomic mass is 19.3. The van der Waals surface area contributed by atoms with Gasteiger partial charge in [-0.25, -0.2) is 28.2 Å². The number of carboxylic acids is 1. The minimum absolute atomic E-state index is 0.0295. The number of carbonyl (C=O) groups is 1. The van der Waals surface area contributed by atoms with Gasteiger partial charge < -0.3 is 5.11 Å². The quantitative estimate of drug-likeness (QED) is 0.874. The van der Waals surface area contributed by atoms with Gasteiger partial charge in [-0.3, -0.25) is 0 Å². The second-order valence-electron chi connectivity index (χ2n) is 3.03. The van der Waals surface area contributed by atoms with Gasteiger partial charge in [-0.1, -0.05) is 0 Å². The fraction of sp³-hybridized carbons (Fsp3) is 0.111. The van der Waals surface area contributed by atoms with Gasteiger partial charge in [0.05, 0.1) is 0 Å². The van der Waals surface area contributed by atoms with Crippen LogP contribution in [0.3, 0.4) is 0 Å². The van der Waals surface area contributed by atoms with Crippen molar-refractivity contribution in [3.8, 4) is 5.95 Å². The first-order chi connectivity index (χ1) is 8.09. The van der Waals surface area contributed by atoms with Crippen LogP contribution in [0.25, 0.3) is 5.95 Å². The lowest BCUT2D eigenvalue weighted by Crippen LogP contribution is -2.01. The molecule has 2 heterocycles. The summed E-state index contributed by atoms with van der Waals surface area (Å²) >= 11 is 0. The first kappa shape index (κ1) is 11.1. The Labute approximate surface area is 93.6 Å². The largest absolute Gasteiger partial charge is 0.478 e. The molecule has 2 aromatic heterocycles. The van der Waals surface area contributed by atoms with Crippen molar-refractivity contribution in [3.05, 3.63) is 35.9 Å². The molecule has 0 fully saturated rings. The van der Waals surface area contributed by atoms with E-state index in [2.05, 4.69) is 15.1 Å². The summed E-state index contributed by atoms with van der Waals surface area (Å²) in [7, 11) is 0. The second kappa shape index (κ2) is 4.24. The van der Waals surface area contributed by atoms with Crippen LogP contribution in [0, 0.1) is 0 Å². The maximum absolute atomic E-state index is 12.5. The number of alkyl halides is 2. The standard InChI is InChI=1S/C9H6F2N4O2/c10-7(11)6-5(8(16)17)4-15(14-6)9-12-2-1-3-13-9/h1-4,7H,(H,16,17). The van der Waals surface area contributed by atoms with Crippen LogP contribution in [0.15, 0.2) is 24.7 Å². The first-order valence-electron chi connectivity index (χ1n) is 4.48. The zero-order valence-electron chi connectivity index (χ0n) is 8.29. The van der Waals surface area contributed by atoms with E-state index in [4.69, 9.17) is 5.11 Å². The van der Waals surface area contributed by atoms with Crippen molar-refractivity contribution >= 4 is 5.97 Å². The molecule has 17 heavy (non-hydrogen) atoms. The first-order valence-corrected chi connectivity index (χ1v) is 4.48. The topological polar surface area (TPSA) is 80.9 Å². The molecular weight excluding hydrogens is 234 g/mol. The SMILES string of the molecule is O=C(O)c1cn(-c2ncccn2)nc1C(F)F. The zero-order chi connectivity index (χ0) is 12.4. The summed E-state index contributed by atoms with van der Waals surface area (Å²) in [5.41, 5.74) is -1.36. The van der Waals surface area contributed by atoms with Gasteiger partial charge in [0.2, 0.25) is 5.95 Å². The highest BCUT2D eigenvalue weighted by Gasteiger charge is 2.23. The average molecular weight is 240 g/mol. The van der Waals surface area contributed by atoms with Crippen LogP contribution in [0.4, 0.5) is 8.78 Å². The summed E-state index contributed by atoms with van der Waals surface area (Å²) in [5.74, 6) is -1.44. The Morgan fingerprint density at radius 2 is 2.00 bits per heavy atom. The van der Waals surface area contributed by atoms with Gasteiger partial charge in [0.1, 0.15) is 11.3 Å². The molecule has 0 aliphatic rings. The molecule has 88 valence electrons. The Balaban J connectivity index is 2.51. The number of nitrogens with zero attached hydrogens (tertiary/aromatic N) is 4. The molecular formula is C9H6F2N4O2. The van der Waals surface area contributed by atoms with E-state index in [-0.39, 0.29) is 5.95 Å². The van der Waals surface area contributed by atoms with Gasteiger partial charge in [-0.05, 0) is 6.07 Å². The summed E-state index contributed by atoms with van der Waals surface area (Å²) in [6, 6.07) is 1.54. The van der Waals surface area contributed by atoms with Crippen LogP contribution in [0.1, 0.15) is 22.5 Å². The predicted molar refractivity (Wildman–Crippen MR) is 51.1 cm³/mol. The third-order valence-corrected chi connectivity index (χ3v) is 1.94. The molecule has 0 aliphatic heterocycles. The van der Waals surface area contributed by atoms with E-state index in [0.717, 1.165) is 10.9 Å². The summed E-state index contributed by atoms with van der Waals surface area (Å²) in [6.45, 7) is 0. The maximum Gasteiger partial charge on any atom is 0.339 e. The third-order valence-electron chi connectivity index (χ3n) is 1.94. The van der Waals surface area contributed by atoms with Crippen molar-refractivity contribution in [1.82, 2.24) is 19.7 Å². The Morgan fingerprint density at radius 3 is 2.47 bits per heavy atom. The molecule has 0 bridgehead atoms. The average Bonchev–Trinajstić information content (AvgIpc) is 2.75. The smallest absolute Gasteiger partial charge is 0.339 e. The molecule has 0 unspecified atom stereocenters. The number of rotatable bonds is 3. The Bertz CT molecular complexity index is 541. The van der Waals surface area contributed by atoms with Crippen LogP contribution in [0.5, 0.6) is 0 Å². The Kier molecular flexibility index (Phi) is 2.77. The molecule has 1 N–H and O–H groups in total. The van der Waals surface area contributed by atoms with Gasteiger partial charge >= 0.3 is 5.97 Å². The van der Waals surface area contributed by atoms with Crippen LogP contribution < -0.4 is 0 Å². The van der Waals surface area contributed by atoms with Crippen molar-refractivity contribution in [2.75, 3.05) is 0 Å². The van der Waals surface area contributed by atoms with E-state index < -0.39 is 23.7 Å². The minimum Gasteiger partial charge on any atom is -0.478 e. The van der Waals surface area contributed by atoms with Crippen LogP contribution in [-0.4, -0.2) is 30.8 Å². The van der Waals surface area contributed by atoms with Gasteiger partial charge in [0, 0.05) is 18.6 Å². The van der Waals surface area contributed by atoms with Crippen LogP contribution in [0.2, 0.25) is 0 Å². The molecule has 0 amide bonds. The van der Waals surface area contributed by atoms with Crippen molar-refractivity contribution in [1.29, 1.82) is 0 Å². The van der Waals surface area contributed by atoms with E-state index in [9.17, 15) is 13.6 Å². The lowest BCUT2D eigenvalue weighted by Gasteiger charge is -1.96. The van der Waals surface area contributed by atoms with E-state index in [1.165, 1.54) is 12.4 Å². The van der Waals surface area contributed by atoms with Crippen LogP contribution >= 0.6 is 0 Å². The number of aromatic nitrogens is 4. The molecule has 2 rings (SSSR count). The summed E-state index contributed by atoms with van der Waals surface area (Å²) in [5, 5.41) is 12.2. The zero-order valence-corrected chi connectivity index (χ0v) is 8.29. The van der Waals surface area contributed by atoms with Gasteiger partial charge in [-0.2, -0.15) is 5.10 Å². The fourth-order valence-corrected chi connectivity index (χ4v) is 1.23. The van der Waals surface area contributed by atoms with E-state index in [1.807, 2.05) is 0 Å². The molecule has 0 aromatic carbocycles. The number of halogens is 2. The molecule has 0 spiro atoms. The highest BCUT2D eigenvalue weighted by molar-refractivity contribution is 5.88. The van der Waals surface area contributed by atoms with E-state index in [1.54, 1.807) is 6.07 Å². The molecule has 0 atom stereocenters. The number of aromatic carboxylic acids is 1. The van der Waals surface area contributed by atoms with Crippen molar-refractivity contribution in [2.45, 2.75) is 6.43 Å². The predicted octanol–water partition coefficient (Wildman–Crippen LogP) is 1.30. The van der Waals surface area contributed by atoms with Gasteiger partial charge in [0.15, 0.2) is 0 Å². The normalized spacial score (nSPS) is 10.8. The molecule has 0 saturated heterocycles. The third kappa shape index (κ3) is 2.10. The van der Waals surface area contributed by atoms with E-state index in [0.29, 0.717) is 0 Å². The van der Waals surface area contributed by atoms with Crippen molar-refractivity contribution in [2.24, 2.45) is 0 Å². The number of hydrogen-bond acceptors (Lipinski definition) is 4. The molecule has 0 aliphatic carbocycles. The van der Waals surface area contributed by atoms with Gasteiger partial charge in [-0.15, -0.1) is 0 Å². The lowest BCUT2D eigenvalue weighted by atomic mass is 10.2. The van der Waals surface area contributed by atoms with Gasteiger partial charge in [0.25, 0.3) is 6.43 Å². The number of carboxylic acid groups (broad SMARTS) is 1. The molecule has 0 saturated carbocycles.